The van der Waals surface area contributed by atoms with E-state index < -0.39 is 44.3 Å². The van der Waals surface area contributed by atoms with Crippen LogP contribution in [-0.4, -0.2) is 37.0 Å². The molecule has 0 radical (unpaired) electrons. The zero-order valence-corrected chi connectivity index (χ0v) is 12.3. The van der Waals surface area contributed by atoms with Crippen LogP contribution in [0.2, 0.25) is 5.02 Å². The van der Waals surface area contributed by atoms with E-state index in [-0.39, 0.29) is 6.54 Å². The second kappa shape index (κ2) is 5.75. The molecule has 1 aromatic rings. The van der Waals surface area contributed by atoms with E-state index in [1.807, 2.05) is 0 Å². The maximum absolute atomic E-state index is 13.0. The predicted octanol–water partition coefficient (Wildman–Crippen LogP) is 2.50. The van der Waals surface area contributed by atoms with Gasteiger partial charge in [0.05, 0.1) is 17.2 Å². The molecule has 9 heteroatoms. The number of alkyl halides is 3. The van der Waals surface area contributed by atoms with Gasteiger partial charge in [-0.1, -0.05) is 17.7 Å². The lowest BCUT2D eigenvalue weighted by Crippen LogP contribution is -2.38. The Hall–Kier alpha value is -0.830. The highest BCUT2D eigenvalue weighted by Crippen LogP contribution is 2.40. The summed E-state index contributed by atoms with van der Waals surface area (Å²) in [6, 6.07) is 2.13. The van der Waals surface area contributed by atoms with Crippen LogP contribution in [0.4, 0.5) is 13.2 Å². The molecule has 0 saturated carbocycles. The minimum atomic E-state index is -4.83. The van der Waals surface area contributed by atoms with Crippen molar-refractivity contribution in [1.29, 1.82) is 0 Å². The fraction of sp³-hybridized carbons (Fsp3) is 0.500. The average Bonchev–Trinajstić information content (AvgIpc) is 2.86. The summed E-state index contributed by atoms with van der Waals surface area (Å²) in [6.45, 7) is -0.374. The summed E-state index contributed by atoms with van der Waals surface area (Å²) in [5.74, 6) is 0. The molecule has 1 atom stereocenters. The third kappa shape index (κ3) is 3.03. The standard InChI is InChI=1S/C12H13ClF3NO3S/c13-10-5-1-4-9(12(14,15)16)11(10)21(19,20)17-6-2-3-8(17)7-18/h1,4-5,8,18H,2-3,6-7H2/t8-/m0/s1. The molecule has 1 aliphatic heterocycles. The normalized spacial score (nSPS) is 20.9. The summed E-state index contributed by atoms with van der Waals surface area (Å²) in [5.41, 5.74) is -1.29. The summed E-state index contributed by atoms with van der Waals surface area (Å²) in [7, 11) is -4.42. The number of aliphatic hydroxyl groups excluding tert-OH is 1. The molecule has 0 bridgehead atoms. The van der Waals surface area contributed by atoms with Gasteiger partial charge < -0.3 is 5.11 Å². The van der Waals surface area contributed by atoms with Crippen LogP contribution in [0.25, 0.3) is 0 Å². The van der Waals surface area contributed by atoms with Gasteiger partial charge >= 0.3 is 6.18 Å². The fourth-order valence-electron chi connectivity index (χ4n) is 2.42. The zero-order chi connectivity index (χ0) is 15.8. The molecule has 1 heterocycles. The Balaban J connectivity index is 2.60. The van der Waals surface area contributed by atoms with Crippen LogP contribution < -0.4 is 0 Å². The van der Waals surface area contributed by atoms with Gasteiger partial charge in [-0.05, 0) is 25.0 Å². The monoisotopic (exact) mass is 343 g/mol. The highest BCUT2D eigenvalue weighted by atomic mass is 35.5. The zero-order valence-electron chi connectivity index (χ0n) is 10.8. The van der Waals surface area contributed by atoms with Crippen molar-refractivity contribution in [3.05, 3.63) is 28.8 Å². The first-order valence-corrected chi connectivity index (χ1v) is 8.00. The Morgan fingerprint density at radius 3 is 2.62 bits per heavy atom. The summed E-state index contributed by atoms with van der Waals surface area (Å²) in [4.78, 5) is -0.945. The van der Waals surface area contributed by atoms with E-state index in [1.54, 1.807) is 0 Å². The largest absolute Gasteiger partial charge is 0.417 e. The molecule has 1 N–H and O–H groups in total. The lowest BCUT2D eigenvalue weighted by atomic mass is 10.2. The van der Waals surface area contributed by atoms with Gasteiger partial charge in [-0.15, -0.1) is 0 Å². The minimum absolute atomic E-state index is 0.0656. The van der Waals surface area contributed by atoms with Crippen molar-refractivity contribution in [3.8, 4) is 0 Å². The van der Waals surface area contributed by atoms with Crippen molar-refractivity contribution in [2.75, 3.05) is 13.2 Å². The van der Waals surface area contributed by atoms with E-state index in [0.717, 1.165) is 16.4 Å². The Morgan fingerprint density at radius 1 is 1.38 bits per heavy atom. The van der Waals surface area contributed by atoms with E-state index >= 15 is 0 Å². The van der Waals surface area contributed by atoms with Gasteiger partial charge in [-0.2, -0.15) is 17.5 Å². The third-order valence-corrected chi connectivity index (χ3v) is 5.85. The van der Waals surface area contributed by atoms with Crippen molar-refractivity contribution < 1.29 is 26.7 Å². The van der Waals surface area contributed by atoms with E-state index in [2.05, 4.69) is 0 Å². The Bertz CT molecular complexity index is 633. The van der Waals surface area contributed by atoms with Crippen molar-refractivity contribution in [2.45, 2.75) is 30.0 Å². The molecule has 118 valence electrons. The third-order valence-electron chi connectivity index (χ3n) is 3.37. The van der Waals surface area contributed by atoms with E-state index in [0.29, 0.717) is 18.9 Å². The molecular formula is C12H13ClF3NO3S. The van der Waals surface area contributed by atoms with E-state index in [4.69, 9.17) is 11.6 Å². The number of hydrogen-bond acceptors (Lipinski definition) is 3. The van der Waals surface area contributed by atoms with Crippen molar-refractivity contribution in [3.63, 3.8) is 0 Å². The maximum Gasteiger partial charge on any atom is 0.417 e. The predicted molar refractivity (Wildman–Crippen MR) is 70.5 cm³/mol. The molecule has 4 nitrogen and oxygen atoms in total. The van der Waals surface area contributed by atoms with Crippen LogP contribution in [0.15, 0.2) is 23.1 Å². The number of sulfonamides is 1. The summed E-state index contributed by atoms with van der Waals surface area (Å²) in [5, 5.41) is 8.71. The lowest BCUT2D eigenvalue weighted by Gasteiger charge is -2.24. The molecule has 1 aliphatic rings. The summed E-state index contributed by atoms with van der Waals surface area (Å²) in [6.07, 6.45) is -3.94. The quantitative estimate of drug-likeness (QED) is 0.917. The molecule has 1 fully saturated rings. The van der Waals surface area contributed by atoms with Crippen LogP contribution in [0.5, 0.6) is 0 Å². The van der Waals surface area contributed by atoms with Crippen LogP contribution in [0.1, 0.15) is 18.4 Å². The average molecular weight is 344 g/mol. The highest BCUT2D eigenvalue weighted by molar-refractivity contribution is 7.89. The summed E-state index contributed by atoms with van der Waals surface area (Å²) >= 11 is 5.72. The number of benzene rings is 1. The number of hydrogen-bond donors (Lipinski definition) is 1. The molecule has 0 spiro atoms. The Labute approximate surface area is 125 Å². The first kappa shape index (κ1) is 16.5. The molecular weight excluding hydrogens is 331 g/mol. The first-order chi connectivity index (χ1) is 9.69. The molecule has 0 unspecified atom stereocenters. The molecule has 2 rings (SSSR count). The molecule has 1 aromatic carbocycles. The van der Waals surface area contributed by atoms with Crippen LogP contribution in [-0.2, 0) is 16.2 Å². The number of nitrogens with zero attached hydrogens (tertiary/aromatic N) is 1. The van der Waals surface area contributed by atoms with Gasteiger partial charge in [0.1, 0.15) is 4.90 Å². The highest BCUT2D eigenvalue weighted by Gasteiger charge is 2.43. The smallest absolute Gasteiger partial charge is 0.395 e. The van der Waals surface area contributed by atoms with Gasteiger partial charge in [0.2, 0.25) is 10.0 Å². The van der Waals surface area contributed by atoms with Gasteiger partial charge in [0.25, 0.3) is 0 Å². The van der Waals surface area contributed by atoms with Crippen molar-refractivity contribution >= 4 is 21.6 Å². The summed E-state index contributed by atoms with van der Waals surface area (Å²) < 4.78 is 65.0. The molecule has 0 aromatic heterocycles. The van der Waals surface area contributed by atoms with Gasteiger partial charge in [-0.3, -0.25) is 0 Å². The van der Waals surface area contributed by atoms with E-state index in [1.165, 1.54) is 0 Å². The fourth-order valence-corrected chi connectivity index (χ4v) is 4.83. The SMILES string of the molecule is O=S(=O)(c1c(Cl)cccc1C(F)(F)F)N1CCC[C@H]1CO. The van der Waals surface area contributed by atoms with Gasteiger partial charge in [0.15, 0.2) is 0 Å². The second-order valence-electron chi connectivity index (χ2n) is 4.71. The molecule has 0 amide bonds. The second-order valence-corrected chi connectivity index (χ2v) is 6.94. The van der Waals surface area contributed by atoms with Gasteiger partial charge in [-0.25, -0.2) is 8.42 Å². The number of aliphatic hydroxyl groups is 1. The number of rotatable bonds is 3. The molecule has 0 aliphatic carbocycles. The van der Waals surface area contributed by atoms with Gasteiger partial charge in [0, 0.05) is 12.6 Å². The maximum atomic E-state index is 13.0. The van der Waals surface area contributed by atoms with Crippen LogP contribution in [0.3, 0.4) is 0 Å². The Morgan fingerprint density at radius 2 is 2.05 bits per heavy atom. The lowest BCUT2D eigenvalue weighted by molar-refractivity contribution is -0.139. The Kier molecular flexibility index (Phi) is 4.53. The van der Waals surface area contributed by atoms with Crippen molar-refractivity contribution in [1.82, 2.24) is 4.31 Å². The number of halogens is 4. The van der Waals surface area contributed by atoms with E-state index in [9.17, 15) is 26.7 Å². The molecule has 21 heavy (non-hydrogen) atoms. The van der Waals surface area contributed by atoms with Crippen LogP contribution in [0, 0.1) is 0 Å². The minimum Gasteiger partial charge on any atom is -0.395 e. The van der Waals surface area contributed by atoms with Crippen LogP contribution >= 0.6 is 11.6 Å². The van der Waals surface area contributed by atoms with Crippen molar-refractivity contribution in [2.24, 2.45) is 0 Å². The first-order valence-electron chi connectivity index (χ1n) is 6.18. The topological polar surface area (TPSA) is 57.6 Å². The molecule has 1 saturated heterocycles.